The Morgan fingerprint density at radius 3 is 2.92 bits per heavy atom. The van der Waals surface area contributed by atoms with Gasteiger partial charge in [-0.25, -0.2) is 9.78 Å². The quantitative estimate of drug-likeness (QED) is 0.738. The van der Waals surface area contributed by atoms with Gasteiger partial charge in [-0.3, -0.25) is 0 Å². The van der Waals surface area contributed by atoms with E-state index in [1.54, 1.807) is 6.92 Å². The van der Waals surface area contributed by atoms with E-state index < -0.39 is 5.97 Å². The second kappa shape index (κ2) is 5.55. The number of rotatable bonds is 3. The van der Waals surface area contributed by atoms with Crippen LogP contribution >= 0.6 is 12.4 Å². The summed E-state index contributed by atoms with van der Waals surface area (Å²) in [7, 11) is 0. The van der Waals surface area contributed by atoms with Gasteiger partial charge in [0.1, 0.15) is 0 Å². The molecule has 13 heavy (non-hydrogen) atoms. The van der Waals surface area contributed by atoms with E-state index in [0.29, 0.717) is 12.5 Å². The zero-order valence-corrected chi connectivity index (χ0v) is 7.97. The summed E-state index contributed by atoms with van der Waals surface area (Å²) >= 11 is 0. The van der Waals surface area contributed by atoms with Crippen molar-refractivity contribution in [3.05, 3.63) is 17.8 Å². The van der Waals surface area contributed by atoms with Crippen LogP contribution in [-0.2, 0) is 11.3 Å². The highest BCUT2D eigenvalue weighted by Crippen LogP contribution is 2.04. The van der Waals surface area contributed by atoms with Gasteiger partial charge in [-0.1, -0.05) is 0 Å². The van der Waals surface area contributed by atoms with Crippen LogP contribution < -0.4 is 5.73 Å². The summed E-state index contributed by atoms with van der Waals surface area (Å²) in [6.07, 6.45) is 1.31. The summed E-state index contributed by atoms with van der Waals surface area (Å²) < 4.78 is 9.61. The Hall–Kier alpha value is -1.07. The molecule has 0 aromatic carbocycles. The van der Waals surface area contributed by atoms with Crippen molar-refractivity contribution in [2.24, 2.45) is 5.73 Å². The minimum Gasteiger partial charge on any atom is -0.460 e. The Bertz CT molecular complexity index is 274. The van der Waals surface area contributed by atoms with E-state index in [4.69, 9.17) is 10.2 Å². The van der Waals surface area contributed by atoms with E-state index >= 15 is 0 Å². The summed E-state index contributed by atoms with van der Waals surface area (Å²) in [4.78, 5) is 14.7. The highest BCUT2D eigenvalue weighted by Gasteiger charge is 2.11. The number of carbonyl (C=O) groups is 1. The highest BCUT2D eigenvalue weighted by molar-refractivity contribution is 5.86. The first kappa shape index (κ1) is 11.9. The van der Waals surface area contributed by atoms with Crippen molar-refractivity contribution >= 4 is 18.4 Å². The average Bonchev–Trinajstić information content (AvgIpc) is 2.52. The number of halogens is 1. The molecule has 0 saturated heterocycles. The molecule has 1 heterocycles. The van der Waals surface area contributed by atoms with Crippen molar-refractivity contribution in [1.82, 2.24) is 4.98 Å². The van der Waals surface area contributed by atoms with Gasteiger partial charge in [-0.2, -0.15) is 0 Å². The smallest absolute Gasteiger partial charge is 0.375 e. The molecule has 0 aliphatic carbocycles. The summed E-state index contributed by atoms with van der Waals surface area (Å²) in [5, 5.41) is 0. The molecule has 6 heteroatoms. The number of oxazole rings is 1. The Morgan fingerprint density at radius 2 is 2.46 bits per heavy atom. The summed E-state index contributed by atoms with van der Waals surface area (Å²) in [6.45, 7) is 2.22. The van der Waals surface area contributed by atoms with Gasteiger partial charge >= 0.3 is 5.97 Å². The van der Waals surface area contributed by atoms with Gasteiger partial charge in [-0.15, -0.1) is 12.4 Å². The monoisotopic (exact) mass is 206 g/mol. The van der Waals surface area contributed by atoms with Crippen LogP contribution in [0.4, 0.5) is 0 Å². The van der Waals surface area contributed by atoms with Crippen molar-refractivity contribution < 1.29 is 13.9 Å². The van der Waals surface area contributed by atoms with E-state index in [1.165, 1.54) is 6.20 Å². The lowest BCUT2D eigenvalue weighted by Crippen LogP contribution is -2.02. The van der Waals surface area contributed by atoms with Crippen LogP contribution in [0.5, 0.6) is 0 Å². The maximum Gasteiger partial charge on any atom is 0.375 e. The van der Waals surface area contributed by atoms with Gasteiger partial charge in [0.15, 0.2) is 0 Å². The fourth-order valence-corrected chi connectivity index (χ4v) is 0.701. The number of hydrogen-bond acceptors (Lipinski definition) is 5. The maximum absolute atomic E-state index is 11.0. The second-order valence-corrected chi connectivity index (χ2v) is 2.04. The third-order valence-electron chi connectivity index (χ3n) is 1.20. The third-order valence-corrected chi connectivity index (χ3v) is 1.20. The van der Waals surface area contributed by atoms with Gasteiger partial charge in [0, 0.05) is 0 Å². The molecule has 0 aliphatic heterocycles. The number of nitrogens with two attached hydrogens (primary N) is 1. The SMILES string of the molecule is CCOC(=O)c1cnc(CN)o1.Cl. The molecule has 0 bridgehead atoms. The van der Waals surface area contributed by atoms with Crippen molar-refractivity contribution in [3.8, 4) is 0 Å². The molecule has 0 saturated carbocycles. The Morgan fingerprint density at radius 1 is 1.77 bits per heavy atom. The fourth-order valence-electron chi connectivity index (χ4n) is 0.701. The van der Waals surface area contributed by atoms with Crippen molar-refractivity contribution in [3.63, 3.8) is 0 Å². The molecule has 0 aliphatic rings. The predicted octanol–water partition coefficient (Wildman–Crippen LogP) is 0.732. The standard InChI is InChI=1S/C7H10N2O3.ClH/c1-2-11-7(10)5-4-9-6(3-8)12-5;/h4H,2-3,8H2,1H3;1H. The molecule has 0 radical (unpaired) electrons. The molecule has 0 fully saturated rings. The number of nitrogens with zero attached hydrogens (tertiary/aromatic N) is 1. The van der Waals surface area contributed by atoms with Gasteiger partial charge < -0.3 is 14.9 Å². The van der Waals surface area contributed by atoms with Crippen molar-refractivity contribution in [1.29, 1.82) is 0 Å². The van der Waals surface area contributed by atoms with Gasteiger partial charge in [0.2, 0.25) is 11.7 Å². The Labute approximate surface area is 81.7 Å². The Balaban J connectivity index is 0.00000144. The lowest BCUT2D eigenvalue weighted by Gasteiger charge is -1.95. The van der Waals surface area contributed by atoms with E-state index in [2.05, 4.69) is 9.72 Å². The fraction of sp³-hybridized carbons (Fsp3) is 0.429. The average molecular weight is 207 g/mol. The van der Waals surface area contributed by atoms with Crippen LogP contribution in [0.15, 0.2) is 10.6 Å². The molecule has 0 unspecified atom stereocenters. The number of ether oxygens (including phenoxy) is 1. The molecular formula is C7H11ClN2O3. The van der Waals surface area contributed by atoms with Crippen LogP contribution in [-0.4, -0.2) is 17.6 Å². The zero-order chi connectivity index (χ0) is 8.97. The number of carbonyl (C=O) groups excluding carboxylic acids is 1. The predicted molar refractivity (Wildman–Crippen MR) is 47.6 cm³/mol. The topological polar surface area (TPSA) is 78.3 Å². The van der Waals surface area contributed by atoms with E-state index in [-0.39, 0.29) is 24.7 Å². The van der Waals surface area contributed by atoms with Gasteiger partial charge in [-0.05, 0) is 6.92 Å². The first-order chi connectivity index (χ1) is 5.77. The van der Waals surface area contributed by atoms with E-state index in [9.17, 15) is 4.79 Å². The highest BCUT2D eigenvalue weighted by atomic mass is 35.5. The number of aromatic nitrogens is 1. The van der Waals surface area contributed by atoms with E-state index in [1.807, 2.05) is 0 Å². The van der Waals surface area contributed by atoms with Crippen molar-refractivity contribution in [2.75, 3.05) is 6.61 Å². The first-order valence-electron chi connectivity index (χ1n) is 3.59. The normalized spacial score (nSPS) is 9.08. The molecule has 2 N–H and O–H groups in total. The summed E-state index contributed by atoms with van der Waals surface area (Å²) in [5.41, 5.74) is 5.23. The lowest BCUT2D eigenvalue weighted by molar-refractivity contribution is 0.0488. The molecule has 1 aromatic rings. The number of esters is 1. The summed E-state index contributed by atoms with van der Waals surface area (Å²) in [5.74, 6) is -0.0833. The van der Waals surface area contributed by atoms with Crippen LogP contribution in [0.25, 0.3) is 0 Å². The Kier molecular flexibility index (Phi) is 5.10. The minimum atomic E-state index is -0.510. The summed E-state index contributed by atoms with van der Waals surface area (Å²) in [6, 6.07) is 0. The molecule has 0 spiro atoms. The maximum atomic E-state index is 11.0. The minimum absolute atomic E-state index is 0. The molecule has 1 rings (SSSR count). The van der Waals surface area contributed by atoms with Crippen LogP contribution in [0, 0.1) is 0 Å². The van der Waals surface area contributed by atoms with E-state index in [0.717, 1.165) is 0 Å². The molecular weight excluding hydrogens is 196 g/mol. The molecule has 0 atom stereocenters. The lowest BCUT2D eigenvalue weighted by atomic mass is 10.5. The molecule has 0 amide bonds. The largest absolute Gasteiger partial charge is 0.460 e. The van der Waals surface area contributed by atoms with Gasteiger partial charge in [0.05, 0.1) is 19.3 Å². The molecule has 5 nitrogen and oxygen atoms in total. The first-order valence-corrected chi connectivity index (χ1v) is 3.59. The third kappa shape index (κ3) is 3.04. The molecule has 1 aromatic heterocycles. The zero-order valence-electron chi connectivity index (χ0n) is 7.15. The molecule has 74 valence electrons. The van der Waals surface area contributed by atoms with Crippen LogP contribution in [0.2, 0.25) is 0 Å². The number of hydrogen-bond donors (Lipinski definition) is 1. The second-order valence-electron chi connectivity index (χ2n) is 2.04. The van der Waals surface area contributed by atoms with Crippen LogP contribution in [0.1, 0.15) is 23.4 Å². The van der Waals surface area contributed by atoms with Crippen molar-refractivity contribution in [2.45, 2.75) is 13.5 Å². The van der Waals surface area contributed by atoms with Crippen LogP contribution in [0.3, 0.4) is 0 Å². The van der Waals surface area contributed by atoms with Gasteiger partial charge in [0.25, 0.3) is 0 Å².